The van der Waals surface area contributed by atoms with Crippen molar-refractivity contribution in [3.05, 3.63) is 76.9 Å². The summed E-state index contributed by atoms with van der Waals surface area (Å²) in [6.07, 6.45) is 1.62. The number of carbonyl (C=O) groups is 1. The molecule has 4 aromatic rings. The van der Waals surface area contributed by atoms with Crippen molar-refractivity contribution in [2.45, 2.75) is 46.5 Å². The predicted octanol–water partition coefficient (Wildman–Crippen LogP) is 7.77. The minimum Gasteiger partial charge on any atom is -0.294 e. The molecular formula is C29H27N3OS. The number of allylic oxidation sites excluding steroid dienone is 1. The monoisotopic (exact) mass is 465 g/mol. The summed E-state index contributed by atoms with van der Waals surface area (Å²) in [5.41, 5.74) is 9.84. The Morgan fingerprint density at radius 2 is 1.44 bits per heavy atom. The maximum atomic E-state index is 11.6. The van der Waals surface area contributed by atoms with E-state index in [0.717, 1.165) is 33.3 Å². The number of hydrogen-bond donors (Lipinski definition) is 0. The summed E-state index contributed by atoms with van der Waals surface area (Å²) in [7, 11) is 0. The number of aromatic nitrogens is 2. The van der Waals surface area contributed by atoms with Gasteiger partial charge >= 0.3 is 0 Å². The summed E-state index contributed by atoms with van der Waals surface area (Å²) in [4.78, 5) is 11.6. The van der Waals surface area contributed by atoms with Crippen LogP contribution in [0.15, 0.2) is 60.2 Å². The third-order valence-electron chi connectivity index (χ3n) is 6.09. The number of fused-ring (bicyclic) bond motifs is 1. The van der Waals surface area contributed by atoms with Gasteiger partial charge in [-0.25, -0.2) is 0 Å². The second-order valence-electron chi connectivity index (χ2n) is 9.09. The topological polar surface area (TPSA) is 66.6 Å². The minimum atomic E-state index is -0.236. The van der Waals surface area contributed by atoms with Crippen LogP contribution in [0.4, 0.5) is 0 Å². The molecule has 0 aliphatic rings. The van der Waals surface area contributed by atoms with E-state index in [1.54, 1.807) is 6.08 Å². The van der Waals surface area contributed by atoms with Crippen LogP contribution in [-0.2, 0) is 4.79 Å². The third kappa shape index (κ3) is 4.42. The van der Waals surface area contributed by atoms with Crippen molar-refractivity contribution in [2.75, 3.05) is 0 Å². The van der Waals surface area contributed by atoms with Crippen LogP contribution >= 0.6 is 11.7 Å². The molecule has 0 aliphatic heterocycles. The first-order valence-electron chi connectivity index (χ1n) is 11.4. The fraction of sp³-hybridized carbons (Fsp3) is 0.241. The average molecular weight is 466 g/mol. The van der Waals surface area contributed by atoms with Crippen molar-refractivity contribution in [1.29, 1.82) is 5.26 Å². The highest BCUT2D eigenvalue weighted by molar-refractivity contribution is 7.00. The number of ketones is 1. The zero-order chi connectivity index (χ0) is 24.4. The molecule has 0 saturated carbocycles. The van der Waals surface area contributed by atoms with Gasteiger partial charge in [0.25, 0.3) is 0 Å². The van der Waals surface area contributed by atoms with Gasteiger partial charge in [-0.2, -0.15) is 14.0 Å². The van der Waals surface area contributed by atoms with Crippen LogP contribution in [0.3, 0.4) is 0 Å². The largest absolute Gasteiger partial charge is 0.294 e. The number of hydrogen-bond acceptors (Lipinski definition) is 5. The first-order valence-corrected chi connectivity index (χ1v) is 12.2. The lowest BCUT2D eigenvalue weighted by molar-refractivity contribution is -0.113. The number of benzene rings is 3. The third-order valence-corrected chi connectivity index (χ3v) is 6.62. The van der Waals surface area contributed by atoms with E-state index >= 15 is 0 Å². The molecule has 4 nitrogen and oxygen atoms in total. The Kier molecular flexibility index (Phi) is 6.72. The van der Waals surface area contributed by atoms with Crippen molar-refractivity contribution in [2.24, 2.45) is 0 Å². The zero-order valence-electron chi connectivity index (χ0n) is 20.1. The lowest BCUT2D eigenvalue weighted by atomic mass is 9.84. The van der Waals surface area contributed by atoms with Gasteiger partial charge in [0.15, 0.2) is 5.78 Å². The number of Topliss-reactive ketones (excluding diaryl/α,β-unsaturated/α-hetero) is 1. The molecule has 0 atom stereocenters. The Labute approximate surface area is 204 Å². The van der Waals surface area contributed by atoms with E-state index in [0.29, 0.717) is 11.8 Å². The van der Waals surface area contributed by atoms with Crippen molar-refractivity contribution in [3.63, 3.8) is 0 Å². The fourth-order valence-corrected chi connectivity index (χ4v) is 4.88. The lowest BCUT2D eigenvalue weighted by Crippen LogP contribution is -2.00. The molecule has 0 amide bonds. The van der Waals surface area contributed by atoms with Crippen molar-refractivity contribution < 1.29 is 4.79 Å². The fourth-order valence-electron chi connectivity index (χ4n) is 4.30. The van der Waals surface area contributed by atoms with Gasteiger partial charge in [-0.1, -0.05) is 82.3 Å². The Balaban J connectivity index is 1.85. The molecule has 0 spiro atoms. The molecule has 0 bridgehead atoms. The summed E-state index contributed by atoms with van der Waals surface area (Å²) in [5.74, 6) is 0.549. The van der Waals surface area contributed by atoms with E-state index in [4.69, 9.17) is 9.64 Å². The Bertz CT molecular complexity index is 1410. The van der Waals surface area contributed by atoms with Crippen LogP contribution in [0.2, 0.25) is 0 Å². The molecule has 1 heterocycles. The molecule has 0 saturated heterocycles. The van der Waals surface area contributed by atoms with Gasteiger partial charge in [-0.3, -0.25) is 4.79 Å². The van der Waals surface area contributed by atoms with Gasteiger partial charge in [0.2, 0.25) is 0 Å². The normalized spacial score (nSPS) is 11.9. The van der Waals surface area contributed by atoms with Crippen LogP contribution in [0.1, 0.15) is 63.1 Å². The number of nitriles is 1. The second-order valence-corrected chi connectivity index (χ2v) is 9.62. The van der Waals surface area contributed by atoms with Crippen molar-refractivity contribution in [3.8, 4) is 28.3 Å². The van der Waals surface area contributed by atoms with E-state index in [1.165, 1.54) is 35.3 Å². The first kappa shape index (κ1) is 23.5. The molecule has 0 radical (unpaired) electrons. The number of rotatable bonds is 6. The van der Waals surface area contributed by atoms with Crippen LogP contribution in [-0.4, -0.2) is 14.5 Å². The summed E-state index contributed by atoms with van der Waals surface area (Å²) in [5, 5.41) is 9.16. The van der Waals surface area contributed by atoms with Crippen molar-refractivity contribution >= 4 is 34.6 Å². The molecule has 0 fully saturated rings. The Morgan fingerprint density at radius 1 is 0.882 bits per heavy atom. The second kappa shape index (κ2) is 9.70. The summed E-state index contributed by atoms with van der Waals surface area (Å²) in [6.45, 7) is 10.3. The molecule has 0 aliphatic carbocycles. The standard InChI is InChI=1S/C29H27N3OS/c1-17(2)23-7-6-8-24(18(3)4)27(23)26-14-13-25(28-29(26)32-34-31-28)21-11-9-20(10-12-21)15-22(16-30)19(5)33/h6-15,17-18H,1-5H3/b22-15+. The van der Waals surface area contributed by atoms with Crippen LogP contribution in [0, 0.1) is 11.3 Å². The van der Waals surface area contributed by atoms with Gasteiger partial charge in [-0.05, 0) is 52.7 Å². The van der Waals surface area contributed by atoms with E-state index < -0.39 is 0 Å². The number of carbonyl (C=O) groups excluding carboxylic acids is 1. The molecule has 5 heteroatoms. The molecule has 4 rings (SSSR count). The lowest BCUT2D eigenvalue weighted by Gasteiger charge is -2.20. The van der Waals surface area contributed by atoms with Crippen molar-refractivity contribution in [1.82, 2.24) is 8.75 Å². The maximum absolute atomic E-state index is 11.6. The molecule has 1 aromatic heterocycles. The molecular weight excluding hydrogens is 438 g/mol. The van der Waals surface area contributed by atoms with Crippen LogP contribution < -0.4 is 0 Å². The van der Waals surface area contributed by atoms with Gasteiger partial charge < -0.3 is 0 Å². The molecule has 0 unspecified atom stereocenters. The van der Waals surface area contributed by atoms with Gasteiger partial charge in [0.1, 0.15) is 17.1 Å². The van der Waals surface area contributed by atoms with Gasteiger partial charge in [0.05, 0.1) is 17.3 Å². The molecule has 0 N–H and O–H groups in total. The summed E-state index contributed by atoms with van der Waals surface area (Å²) >= 11 is 1.23. The highest BCUT2D eigenvalue weighted by Gasteiger charge is 2.20. The quantitative estimate of drug-likeness (QED) is 0.215. The summed E-state index contributed by atoms with van der Waals surface area (Å²) in [6, 6.07) is 20.7. The van der Waals surface area contributed by atoms with E-state index in [1.807, 2.05) is 30.3 Å². The predicted molar refractivity (Wildman–Crippen MR) is 141 cm³/mol. The molecule has 34 heavy (non-hydrogen) atoms. The summed E-state index contributed by atoms with van der Waals surface area (Å²) < 4.78 is 9.39. The van der Waals surface area contributed by atoms with Gasteiger partial charge in [0, 0.05) is 11.1 Å². The smallest absolute Gasteiger partial charge is 0.170 e. The highest BCUT2D eigenvalue weighted by Crippen LogP contribution is 2.41. The molecule has 170 valence electrons. The van der Waals surface area contributed by atoms with Crippen LogP contribution in [0.5, 0.6) is 0 Å². The molecule has 3 aromatic carbocycles. The average Bonchev–Trinajstić information content (AvgIpc) is 3.31. The maximum Gasteiger partial charge on any atom is 0.170 e. The number of nitrogens with zero attached hydrogens (tertiary/aromatic N) is 3. The highest BCUT2D eigenvalue weighted by atomic mass is 32.1. The zero-order valence-corrected chi connectivity index (χ0v) is 20.9. The van der Waals surface area contributed by atoms with Gasteiger partial charge in [-0.15, -0.1) is 0 Å². The van der Waals surface area contributed by atoms with E-state index in [9.17, 15) is 4.79 Å². The first-order chi connectivity index (χ1) is 16.3. The minimum absolute atomic E-state index is 0.146. The Hall–Kier alpha value is -3.62. The van der Waals surface area contributed by atoms with Crippen LogP contribution in [0.25, 0.3) is 39.4 Å². The SMILES string of the molecule is CC(=O)/C(C#N)=C/c1ccc(-c2ccc(-c3c(C(C)C)cccc3C(C)C)c3nsnc23)cc1. The van der Waals surface area contributed by atoms with E-state index in [2.05, 4.69) is 62.4 Å². The van der Waals surface area contributed by atoms with E-state index in [-0.39, 0.29) is 11.4 Å². The Morgan fingerprint density at radius 3 is 1.97 bits per heavy atom.